The summed E-state index contributed by atoms with van der Waals surface area (Å²) in [6, 6.07) is 0.325. The maximum Gasteiger partial charge on any atom is 0.225 e. The van der Waals surface area contributed by atoms with Crippen molar-refractivity contribution in [2.24, 2.45) is 10.9 Å². The van der Waals surface area contributed by atoms with Crippen molar-refractivity contribution in [1.29, 1.82) is 0 Å². The molecule has 0 aromatic rings. The number of aliphatic imine (C=N–C) groups is 1. The number of carbonyl (C=O) groups is 1. The number of hydrogen-bond acceptors (Lipinski definition) is 3. The number of nitrogens with one attached hydrogen (secondary N) is 2. The SMILES string of the molecule is CCNC(=NCCN1CCCCCC1)NC1CCN(C(=O)C2CCCC2)C1. The fourth-order valence-corrected chi connectivity index (χ4v) is 4.69. The largest absolute Gasteiger partial charge is 0.357 e. The first-order valence-electron chi connectivity index (χ1n) is 11.3. The molecule has 27 heavy (non-hydrogen) atoms. The average Bonchev–Trinajstić information content (AvgIpc) is 3.30. The molecule has 0 spiro atoms. The minimum atomic E-state index is 0.291. The van der Waals surface area contributed by atoms with Gasteiger partial charge in [-0.1, -0.05) is 25.7 Å². The summed E-state index contributed by atoms with van der Waals surface area (Å²) in [6.07, 6.45) is 11.1. The smallest absolute Gasteiger partial charge is 0.225 e. The first kappa shape index (κ1) is 20.4. The van der Waals surface area contributed by atoms with E-state index < -0.39 is 0 Å². The van der Waals surface area contributed by atoms with Crippen molar-refractivity contribution in [3.63, 3.8) is 0 Å². The van der Waals surface area contributed by atoms with Gasteiger partial charge in [0, 0.05) is 38.1 Å². The van der Waals surface area contributed by atoms with E-state index in [4.69, 9.17) is 4.99 Å². The highest BCUT2D eigenvalue weighted by atomic mass is 16.2. The van der Waals surface area contributed by atoms with E-state index in [0.29, 0.717) is 17.9 Å². The summed E-state index contributed by atoms with van der Waals surface area (Å²) in [5.41, 5.74) is 0. The summed E-state index contributed by atoms with van der Waals surface area (Å²) in [7, 11) is 0. The Kier molecular flexibility index (Phi) is 8.24. The average molecular weight is 378 g/mol. The molecule has 2 N–H and O–H groups in total. The van der Waals surface area contributed by atoms with Gasteiger partial charge in [0.25, 0.3) is 0 Å². The topological polar surface area (TPSA) is 60.0 Å². The van der Waals surface area contributed by atoms with Gasteiger partial charge in [0.15, 0.2) is 5.96 Å². The number of guanidine groups is 1. The van der Waals surface area contributed by atoms with Crippen LogP contribution in [0, 0.1) is 5.92 Å². The standard InChI is InChI=1S/C21H39N5O/c1-2-22-21(23-12-16-25-13-7-3-4-8-14-25)24-19-11-15-26(17-19)20(27)18-9-5-6-10-18/h18-19H,2-17H2,1H3,(H2,22,23,24). The maximum atomic E-state index is 12.6. The fourth-order valence-electron chi connectivity index (χ4n) is 4.69. The molecule has 3 rings (SSSR count). The van der Waals surface area contributed by atoms with Crippen LogP contribution in [0.15, 0.2) is 4.99 Å². The van der Waals surface area contributed by atoms with E-state index >= 15 is 0 Å². The molecule has 1 unspecified atom stereocenters. The van der Waals surface area contributed by atoms with Crippen LogP contribution in [-0.2, 0) is 4.79 Å². The lowest BCUT2D eigenvalue weighted by atomic mass is 10.1. The van der Waals surface area contributed by atoms with Crippen LogP contribution in [0.3, 0.4) is 0 Å². The summed E-state index contributed by atoms with van der Waals surface area (Å²) in [5.74, 6) is 1.59. The first-order valence-corrected chi connectivity index (χ1v) is 11.3. The summed E-state index contributed by atoms with van der Waals surface area (Å²) in [6.45, 7) is 9.02. The van der Waals surface area contributed by atoms with Crippen LogP contribution in [0.4, 0.5) is 0 Å². The molecule has 6 heteroatoms. The number of amides is 1. The molecule has 2 saturated heterocycles. The Labute approximate surface area is 165 Å². The normalized spacial score (nSPS) is 25.6. The highest BCUT2D eigenvalue weighted by Crippen LogP contribution is 2.27. The van der Waals surface area contributed by atoms with Gasteiger partial charge in [0.05, 0.1) is 6.54 Å². The third kappa shape index (κ3) is 6.37. The zero-order valence-electron chi connectivity index (χ0n) is 17.2. The monoisotopic (exact) mass is 377 g/mol. The van der Waals surface area contributed by atoms with Gasteiger partial charge in [0.1, 0.15) is 0 Å². The second kappa shape index (κ2) is 10.9. The van der Waals surface area contributed by atoms with E-state index in [1.165, 1.54) is 51.6 Å². The van der Waals surface area contributed by atoms with Crippen LogP contribution in [0.1, 0.15) is 64.7 Å². The van der Waals surface area contributed by atoms with Crippen molar-refractivity contribution < 1.29 is 4.79 Å². The molecule has 1 atom stereocenters. The number of rotatable bonds is 6. The Morgan fingerprint density at radius 3 is 2.44 bits per heavy atom. The molecule has 0 radical (unpaired) electrons. The zero-order chi connectivity index (χ0) is 18.9. The lowest BCUT2D eigenvalue weighted by molar-refractivity contribution is -0.134. The Bertz CT molecular complexity index is 481. The summed E-state index contributed by atoms with van der Waals surface area (Å²) >= 11 is 0. The number of hydrogen-bond donors (Lipinski definition) is 2. The minimum absolute atomic E-state index is 0.291. The zero-order valence-corrected chi connectivity index (χ0v) is 17.2. The van der Waals surface area contributed by atoms with Crippen LogP contribution in [-0.4, -0.2) is 73.5 Å². The summed E-state index contributed by atoms with van der Waals surface area (Å²) in [5, 5.41) is 6.94. The Balaban J connectivity index is 1.43. The molecular weight excluding hydrogens is 338 g/mol. The number of nitrogens with zero attached hydrogens (tertiary/aromatic N) is 3. The van der Waals surface area contributed by atoms with Gasteiger partial charge in [-0.05, 0) is 52.1 Å². The highest BCUT2D eigenvalue weighted by molar-refractivity contribution is 5.81. The van der Waals surface area contributed by atoms with Crippen LogP contribution < -0.4 is 10.6 Å². The van der Waals surface area contributed by atoms with Crippen molar-refractivity contribution in [2.75, 3.05) is 45.8 Å². The molecule has 1 saturated carbocycles. The molecule has 2 aliphatic heterocycles. The molecule has 0 aromatic carbocycles. The van der Waals surface area contributed by atoms with E-state index in [9.17, 15) is 4.79 Å². The van der Waals surface area contributed by atoms with E-state index in [2.05, 4.69) is 27.4 Å². The summed E-state index contributed by atoms with van der Waals surface area (Å²) in [4.78, 5) is 22.1. The van der Waals surface area contributed by atoms with Crippen molar-refractivity contribution in [3.05, 3.63) is 0 Å². The van der Waals surface area contributed by atoms with Crippen LogP contribution in [0.5, 0.6) is 0 Å². The quantitative estimate of drug-likeness (QED) is 0.550. The molecule has 3 aliphatic rings. The number of carbonyl (C=O) groups excluding carboxylic acids is 1. The fraction of sp³-hybridized carbons (Fsp3) is 0.905. The van der Waals surface area contributed by atoms with Crippen molar-refractivity contribution >= 4 is 11.9 Å². The van der Waals surface area contributed by atoms with Crippen molar-refractivity contribution in [1.82, 2.24) is 20.4 Å². The molecule has 1 amide bonds. The molecular formula is C21H39N5O. The van der Waals surface area contributed by atoms with Crippen LogP contribution in [0.25, 0.3) is 0 Å². The maximum absolute atomic E-state index is 12.6. The number of likely N-dealkylation sites (tertiary alicyclic amines) is 2. The van der Waals surface area contributed by atoms with Gasteiger partial charge in [-0.3, -0.25) is 9.79 Å². The van der Waals surface area contributed by atoms with Gasteiger partial charge in [-0.25, -0.2) is 0 Å². The van der Waals surface area contributed by atoms with E-state index in [1.54, 1.807) is 0 Å². The van der Waals surface area contributed by atoms with Crippen LogP contribution in [0.2, 0.25) is 0 Å². The van der Waals surface area contributed by atoms with E-state index in [0.717, 1.165) is 57.9 Å². The Morgan fingerprint density at radius 1 is 1.00 bits per heavy atom. The predicted molar refractivity (Wildman–Crippen MR) is 111 cm³/mol. The van der Waals surface area contributed by atoms with Gasteiger partial charge in [-0.15, -0.1) is 0 Å². The van der Waals surface area contributed by atoms with Gasteiger partial charge < -0.3 is 20.4 Å². The van der Waals surface area contributed by atoms with Crippen LogP contribution >= 0.6 is 0 Å². The van der Waals surface area contributed by atoms with E-state index in [1.807, 2.05) is 0 Å². The second-order valence-electron chi connectivity index (χ2n) is 8.41. The Morgan fingerprint density at radius 2 is 1.74 bits per heavy atom. The highest BCUT2D eigenvalue weighted by Gasteiger charge is 2.32. The van der Waals surface area contributed by atoms with Crippen molar-refractivity contribution in [3.8, 4) is 0 Å². The lowest BCUT2D eigenvalue weighted by Gasteiger charge is -2.22. The minimum Gasteiger partial charge on any atom is -0.357 e. The predicted octanol–water partition coefficient (Wildman–Crippen LogP) is 2.21. The molecule has 3 fully saturated rings. The summed E-state index contributed by atoms with van der Waals surface area (Å²) < 4.78 is 0. The molecule has 0 bridgehead atoms. The third-order valence-electron chi connectivity index (χ3n) is 6.27. The second-order valence-corrected chi connectivity index (χ2v) is 8.41. The van der Waals surface area contributed by atoms with Gasteiger partial charge in [-0.2, -0.15) is 0 Å². The van der Waals surface area contributed by atoms with Crippen molar-refractivity contribution in [2.45, 2.75) is 70.8 Å². The van der Waals surface area contributed by atoms with Gasteiger partial charge >= 0.3 is 0 Å². The van der Waals surface area contributed by atoms with E-state index in [-0.39, 0.29) is 0 Å². The lowest BCUT2D eigenvalue weighted by Crippen LogP contribution is -2.45. The molecule has 1 aliphatic carbocycles. The Hall–Kier alpha value is -1.30. The first-order chi connectivity index (χ1) is 13.3. The molecule has 0 aromatic heterocycles. The van der Waals surface area contributed by atoms with Gasteiger partial charge in [0.2, 0.25) is 5.91 Å². The third-order valence-corrected chi connectivity index (χ3v) is 6.27. The molecule has 154 valence electrons. The molecule has 2 heterocycles. The molecule has 6 nitrogen and oxygen atoms in total.